The van der Waals surface area contributed by atoms with Crippen molar-refractivity contribution in [1.82, 2.24) is 0 Å². The average molecular weight is 295 g/mol. The SMILES string of the molecule is Cc1ccc(NC(=O)/C=C/C(=O)OCc2ccccc2)cc1. The quantitative estimate of drug-likeness (QED) is 0.680. The van der Waals surface area contributed by atoms with Crippen LogP contribution >= 0.6 is 0 Å². The van der Waals surface area contributed by atoms with Crippen LogP contribution in [0.25, 0.3) is 0 Å². The van der Waals surface area contributed by atoms with E-state index >= 15 is 0 Å². The van der Waals surface area contributed by atoms with E-state index in [-0.39, 0.29) is 12.5 Å². The van der Waals surface area contributed by atoms with Crippen LogP contribution in [0.3, 0.4) is 0 Å². The van der Waals surface area contributed by atoms with Crippen molar-refractivity contribution in [2.24, 2.45) is 0 Å². The number of carbonyl (C=O) groups excluding carboxylic acids is 2. The molecule has 0 saturated heterocycles. The van der Waals surface area contributed by atoms with Crippen LogP contribution in [0.4, 0.5) is 5.69 Å². The lowest BCUT2D eigenvalue weighted by molar-refractivity contribution is -0.139. The van der Waals surface area contributed by atoms with E-state index in [9.17, 15) is 9.59 Å². The fourth-order valence-corrected chi connectivity index (χ4v) is 1.74. The molecule has 0 aliphatic carbocycles. The lowest BCUT2D eigenvalue weighted by Crippen LogP contribution is -2.09. The second-order valence-corrected chi connectivity index (χ2v) is 4.78. The summed E-state index contributed by atoms with van der Waals surface area (Å²) in [5.41, 5.74) is 2.68. The smallest absolute Gasteiger partial charge is 0.331 e. The second kappa shape index (κ2) is 7.78. The Morgan fingerprint density at radius 3 is 2.36 bits per heavy atom. The Labute approximate surface area is 129 Å². The minimum atomic E-state index is -0.553. The lowest BCUT2D eigenvalue weighted by Gasteiger charge is -2.03. The van der Waals surface area contributed by atoms with Gasteiger partial charge in [-0.05, 0) is 24.6 Å². The van der Waals surface area contributed by atoms with Crippen molar-refractivity contribution >= 4 is 17.6 Å². The molecule has 0 saturated carbocycles. The first-order valence-electron chi connectivity index (χ1n) is 6.90. The van der Waals surface area contributed by atoms with Crippen molar-refractivity contribution in [3.63, 3.8) is 0 Å². The van der Waals surface area contributed by atoms with Gasteiger partial charge in [0.15, 0.2) is 0 Å². The van der Waals surface area contributed by atoms with E-state index in [1.54, 1.807) is 12.1 Å². The Morgan fingerprint density at radius 1 is 1.00 bits per heavy atom. The van der Waals surface area contributed by atoms with E-state index in [1.165, 1.54) is 0 Å². The maximum absolute atomic E-state index is 11.7. The van der Waals surface area contributed by atoms with Gasteiger partial charge < -0.3 is 10.1 Å². The first-order chi connectivity index (χ1) is 10.6. The van der Waals surface area contributed by atoms with Crippen molar-refractivity contribution in [1.29, 1.82) is 0 Å². The van der Waals surface area contributed by atoms with Crippen LogP contribution in [0.5, 0.6) is 0 Å². The highest BCUT2D eigenvalue weighted by atomic mass is 16.5. The predicted molar refractivity (Wildman–Crippen MR) is 85.2 cm³/mol. The van der Waals surface area contributed by atoms with Crippen LogP contribution in [0, 0.1) is 6.92 Å². The molecule has 0 heterocycles. The van der Waals surface area contributed by atoms with Gasteiger partial charge in [-0.25, -0.2) is 4.79 Å². The van der Waals surface area contributed by atoms with E-state index in [0.717, 1.165) is 23.3 Å². The molecule has 2 aromatic rings. The summed E-state index contributed by atoms with van der Waals surface area (Å²) >= 11 is 0. The molecule has 2 rings (SSSR count). The highest BCUT2D eigenvalue weighted by Crippen LogP contribution is 2.08. The van der Waals surface area contributed by atoms with E-state index < -0.39 is 5.97 Å². The Kier molecular flexibility index (Phi) is 5.49. The Morgan fingerprint density at radius 2 is 1.68 bits per heavy atom. The van der Waals surface area contributed by atoms with E-state index in [0.29, 0.717) is 5.69 Å². The molecule has 0 fully saturated rings. The normalized spacial score (nSPS) is 10.4. The third kappa shape index (κ3) is 5.25. The molecule has 1 amide bonds. The van der Waals surface area contributed by atoms with Crippen molar-refractivity contribution < 1.29 is 14.3 Å². The summed E-state index contributed by atoms with van der Waals surface area (Å²) in [6, 6.07) is 16.7. The molecule has 4 heteroatoms. The summed E-state index contributed by atoms with van der Waals surface area (Å²) in [4.78, 5) is 23.2. The average Bonchev–Trinajstić information content (AvgIpc) is 2.54. The fraction of sp³-hybridized carbons (Fsp3) is 0.111. The number of hydrogen-bond donors (Lipinski definition) is 1. The van der Waals surface area contributed by atoms with Crippen LogP contribution < -0.4 is 5.32 Å². The van der Waals surface area contributed by atoms with E-state index in [2.05, 4.69) is 5.32 Å². The van der Waals surface area contributed by atoms with Gasteiger partial charge in [0.05, 0.1) is 0 Å². The number of nitrogens with one attached hydrogen (secondary N) is 1. The van der Waals surface area contributed by atoms with Gasteiger partial charge in [-0.1, -0.05) is 48.0 Å². The van der Waals surface area contributed by atoms with Crippen LogP contribution in [-0.4, -0.2) is 11.9 Å². The number of carbonyl (C=O) groups is 2. The summed E-state index contributed by atoms with van der Waals surface area (Å²) in [5, 5.41) is 2.66. The molecular weight excluding hydrogens is 278 g/mol. The third-order valence-corrected chi connectivity index (χ3v) is 2.91. The molecule has 0 bridgehead atoms. The third-order valence-electron chi connectivity index (χ3n) is 2.91. The maximum atomic E-state index is 11.7. The fourth-order valence-electron chi connectivity index (χ4n) is 1.74. The van der Waals surface area contributed by atoms with Crippen LogP contribution in [0.1, 0.15) is 11.1 Å². The Hall–Kier alpha value is -2.88. The zero-order valence-electron chi connectivity index (χ0n) is 12.3. The van der Waals surface area contributed by atoms with Gasteiger partial charge in [0.1, 0.15) is 6.61 Å². The molecule has 2 aromatic carbocycles. The second-order valence-electron chi connectivity index (χ2n) is 4.78. The number of benzene rings is 2. The number of amides is 1. The minimum Gasteiger partial charge on any atom is -0.458 e. The van der Waals surface area contributed by atoms with E-state index in [1.807, 2.05) is 49.4 Å². The summed E-state index contributed by atoms with van der Waals surface area (Å²) in [6.45, 7) is 2.15. The van der Waals surface area contributed by atoms with Crippen LogP contribution in [-0.2, 0) is 20.9 Å². The van der Waals surface area contributed by atoms with Gasteiger partial charge in [0.25, 0.3) is 0 Å². The molecule has 112 valence electrons. The van der Waals surface area contributed by atoms with Gasteiger partial charge in [0.2, 0.25) is 5.91 Å². The number of hydrogen-bond acceptors (Lipinski definition) is 3. The van der Waals surface area contributed by atoms with Gasteiger partial charge in [-0.3, -0.25) is 4.79 Å². The predicted octanol–water partition coefficient (Wildman–Crippen LogP) is 3.23. The molecule has 1 N–H and O–H groups in total. The standard InChI is InChI=1S/C18H17NO3/c1-14-7-9-16(10-8-14)19-17(20)11-12-18(21)22-13-15-5-3-2-4-6-15/h2-12H,13H2,1H3,(H,19,20)/b12-11+. The first-order valence-corrected chi connectivity index (χ1v) is 6.90. The zero-order valence-corrected chi connectivity index (χ0v) is 12.3. The topological polar surface area (TPSA) is 55.4 Å². The minimum absolute atomic E-state index is 0.184. The summed E-state index contributed by atoms with van der Waals surface area (Å²) in [7, 11) is 0. The number of anilines is 1. The first kappa shape index (κ1) is 15.5. The summed E-state index contributed by atoms with van der Waals surface area (Å²) < 4.78 is 5.04. The largest absolute Gasteiger partial charge is 0.458 e. The molecule has 0 aliphatic rings. The Bertz CT molecular complexity index is 660. The van der Waals surface area contributed by atoms with Gasteiger partial charge >= 0.3 is 5.97 Å². The highest BCUT2D eigenvalue weighted by Gasteiger charge is 2.01. The van der Waals surface area contributed by atoms with E-state index in [4.69, 9.17) is 4.74 Å². The number of rotatable bonds is 5. The van der Waals surface area contributed by atoms with Crippen molar-refractivity contribution in [2.75, 3.05) is 5.32 Å². The molecule has 0 aromatic heterocycles. The molecule has 0 spiro atoms. The van der Waals surface area contributed by atoms with Crippen molar-refractivity contribution in [3.05, 3.63) is 77.9 Å². The summed E-state index contributed by atoms with van der Waals surface area (Å²) in [5.74, 6) is -0.927. The van der Waals surface area contributed by atoms with Crippen LogP contribution in [0.15, 0.2) is 66.7 Å². The molecule has 22 heavy (non-hydrogen) atoms. The molecule has 0 radical (unpaired) electrons. The monoisotopic (exact) mass is 295 g/mol. The maximum Gasteiger partial charge on any atom is 0.331 e. The van der Waals surface area contributed by atoms with Crippen molar-refractivity contribution in [2.45, 2.75) is 13.5 Å². The molecule has 0 unspecified atom stereocenters. The van der Waals surface area contributed by atoms with Crippen molar-refractivity contribution in [3.8, 4) is 0 Å². The Balaban J connectivity index is 1.79. The number of ether oxygens (including phenoxy) is 1. The summed E-state index contributed by atoms with van der Waals surface area (Å²) in [6.07, 6.45) is 2.28. The lowest BCUT2D eigenvalue weighted by atomic mass is 10.2. The van der Waals surface area contributed by atoms with Gasteiger partial charge in [0, 0.05) is 17.8 Å². The number of esters is 1. The van der Waals surface area contributed by atoms with Gasteiger partial charge in [-0.15, -0.1) is 0 Å². The molecule has 0 aliphatic heterocycles. The molecule has 0 atom stereocenters. The number of aryl methyl sites for hydroxylation is 1. The highest BCUT2D eigenvalue weighted by molar-refractivity contribution is 6.02. The van der Waals surface area contributed by atoms with Gasteiger partial charge in [-0.2, -0.15) is 0 Å². The molecular formula is C18H17NO3. The molecule has 4 nitrogen and oxygen atoms in total. The van der Waals surface area contributed by atoms with Crippen LogP contribution in [0.2, 0.25) is 0 Å². The zero-order chi connectivity index (χ0) is 15.8.